The van der Waals surface area contributed by atoms with Crippen LogP contribution in [-0.4, -0.2) is 76.3 Å². The Morgan fingerprint density at radius 1 is 0.867 bits per heavy atom. The number of hydrogen-bond donors (Lipinski definition) is 1. The highest BCUT2D eigenvalue weighted by molar-refractivity contribution is 5.84. The smallest absolute Gasteiger partial charge is 0.409 e. The van der Waals surface area contributed by atoms with Crippen LogP contribution in [0, 0.1) is 5.41 Å². The summed E-state index contributed by atoms with van der Waals surface area (Å²) in [5.74, 6) is 1.15. The Morgan fingerprint density at radius 3 is 1.93 bits per heavy atom. The minimum absolute atomic E-state index is 0.110. The van der Waals surface area contributed by atoms with Crippen molar-refractivity contribution in [2.75, 3.05) is 33.9 Å². The second-order valence-corrected chi connectivity index (χ2v) is 12.5. The summed E-state index contributed by atoms with van der Waals surface area (Å²) in [6.07, 6.45) is 0.214. The van der Waals surface area contributed by atoms with E-state index in [1.165, 1.54) is 22.6 Å². The first-order chi connectivity index (χ1) is 21.4. The molecule has 0 saturated carbocycles. The number of pyridine rings is 2. The van der Waals surface area contributed by atoms with Gasteiger partial charge in [0, 0.05) is 61.9 Å². The van der Waals surface area contributed by atoms with Crippen molar-refractivity contribution in [2.24, 2.45) is 5.41 Å². The van der Waals surface area contributed by atoms with Crippen LogP contribution in [0.1, 0.15) is 33.6 Å². The van der Waals surface area contributed by atoms with Gasteiger partial charge in [0.25, 0.3) is 11.1 Å². The Hall–Kier alpha value is -4.64. The van der Waals surface area contributed by atoms with Crippen LogP contribution in [0.3, 0.4) is 0 Å². The molecule has 238 valence electrons. The number of piperidine rings is 1. The van der Waals surface area contributed by atoms with Crippen molar-refractivity contribution in [2.45, 2.75) is 51.9 Å². The molecule has 1 unspecified atom stereocenters. The van der Waals surface area contributed by atoms with Crippen LogP contribution in [0.25, 0.3) is 21.8 Å². The third-order valence-corrected chi connectivity index (χ3v) is 9.05. The van der Waals surface area contributed by atoms with E-state index in [4.69, 9.17) is 9.47 Å². The first-order valence-electron chi connectivity index (χ1n) is 15.0. The van der Waals surface area contributed by atoms with Gasteiger partial charge in [-0.15, -0.1) is 0 Å². The van der Waals surface area contributed by atoms with Gasteiger partial charge in [0.15, 0.2) is 11.9 Å². The van der Waals surface area contributed by atoms with Gasteiger partial charge < -0.3 is 24.0 Å². The number of likely N-dealkylation sites (tertiary alicyclic amines) is 1. The fourth-order valence-electron chi connectivity index (χ4n) is 6.63. The molecular weight excluding hydrogens is 576 g/mol. The third-order valence-electron chi connectivity index (χ3n) is 9.05. The minimum Gasteiger partial charge on any atom is -0.497 e. The second-order valence-electron chi connectivity index (χ2n) is 12.5. The zero-order chi connectivity index (χ0) is 32.5. The SMILES string of the molecule is COc1ccc2ccc(=O)n(CCN3CCC(N(C(=O)O)C(C=O)(n4c(=O)ccc5ccc(OC)cc54)C(C)(C)C)CC3)c2c1. The molecule has 1 aliphatic heterocycles. The summed E-state index contributed by atoms with van der Waals surface area (Å²) in [5, 5.41) is 12.3. The standard InChI is InChI=1S/C34H40N4O7/c1-33(2,3)34(22-39,38-29-21-27(45-5)11-7-24(29)9-13-31(38)41)37(32(42)43)25-14-16-35(17-15-25)18-19-36-28-20-26(44-4)10-6-23(28)8-12-30(36)40/h6-13,20-22,25H,14-19H2,1-5H3,(H,42,43). The average molecular weight is 617 g/mol. The number of fused-ring (bicyclic) bond motifs is 2. The summed E-state index contributed by atoms with van der Waals surface area (Å²) in [5.41, 5.74) is -2.28. The van der Waals surface area contributed by atoms with E-state index < -0.39 is 28.8 Å². The van der Waals surface area contributed by atoms with Crippen LogP contribution >= 0.6 is 0 Å². The molecule has 11 heteroatoms. The summed E-state index contributed by atoms with van der Waals surface area (Å²) < 4.78 is 13.8. The van der Waals surface area contributed by atoms with E-state index in [2.05, 4.69) is 4.90 Å². The zero-order valence-electron chi connectivity index (χ0n) is 26.4. The van der Waals surface area contributed by atoms with Crippen molar-refractivity contribution in [1.29, 1.82) is 0 Å². The van der Waals surface area contributed by atoms with Gasteiger partial charge in [-0.25, -0.2) is 4.79 Å². The second kappa shape index (κ2) is 12.4. The quantitative estimate of drug-likeness (QED) is 0.275. The van der Waals surface area contributed by atoms with Crippen LogP contribution in [0.2, 0.25) is 0 Å². The summed E-state index contributed by atoms with van der Waals surface area (Å²) in [6.45, 7) is 7.45. The molecule has 2 aromatic heterocycles. The maximum atomic E-state index is 13.6. The molecule has 1 fully saturated rings. The van der Waals surface area contributed by atoms with E-state index in [0.717, 1.165) is 10.9 Å². The van der Waals surface area contributed by atoms with Crippen LogP contribution in [0.15, 0.2) is 70.3 Å². The van der Waals surface area contributed by atoms with Gasteiger partial charge in [0.1, 0.15) is 11.5 Å². The first-order valence-corrected chi connectivity index (χ1v) is 15.0. The molecule has 0 spiro atoms. The fourth-order valence-corrected chi connectivity index (χ4v) is 6.63. The highest BCUT2D eigenvalue weighted by atomic mass is 16.5. The van der Waals surface area contributed by atoms with Gasteiger partial charge in [-0.05, 0) is 60.0 Å². The normalized spacial score (nSPS) is 15.9. The van der Waals surface area contributed by atoms with Crippen molar-refractivity contribution in [1.82, 2.24) is 18.9 Å². The zero-order valence-corrected chi connectivity index (χ0v) is 26.4. The topological polar surface area (TPSA) is 123 Å². The van der Waals surface area contributed by atoms with E-state index in [9.17, 15) is 24.3 Å². The molecule has 1 N–H and O–H groups in total. The lowest BCUT2D eigenvalue weighted by atomic mass is 9.77. The molecule has 1 aliphatic rings. The number of amides is 1. The third kappa shape index (κ3) is 5.68. The number of aldehydes is 1. The van der Waals surface area contributed by atoms with Gasteiger partial charge in [-0.2, -0.15) is 0 Å². The van der Waals surface area contributed by atoms with Crippen molar-refractivity contribution >= 4 is 34.2 Å². The maximum absolute atomic E-state index is 13.6. The van der Waals surface area contributed by atoms with E-state index in [1.807, 2.05) is 18.2 Å². The van der Waals surface area contributed by atoms with Crippen LogP contribution in [-0.2, 0) is 17.0 Å². The maximum Gasteiger partial charge on any atom is 0.409 e. The largest absolute Gasteiger partial charge is 0.497 e. The summed E-state index contributed by atoms with van der Waals surface area (Å²) in [6, 6.07) is 16.7. The number of nitrogens with zero attached hydrogens (tertiary/aromatic N) is 4. The Labute approximate surface area is 261 Å². The van der Waals surface area contributed by atoms with Gasteiger partial charge >= 0.3 is 6.09 Å². The highest BCUT2D eigenvalue weighted by Crippen LogP contribution is 2.42. The molecule has 3 heterocycles. The molecule has 2 aromatic carbocycles. The van der Waals surface area contributed by atoms with Crippen molar-refractivity contribution < 1.29 is 24.2 Å². The fraction of sp³-hybridized carbons (Fsp3) is 0.412. The van der Waals surface area contributed by atoms with E-state index in [0.29, 0.717) is 67.7 Å². The number of carboxylic acid groups (broad SMARTS) is 1. The summed E-state index contributed by atoms with van der Waals surface area (Å²) in [7, 11) is 3.09. The monoisotopic (exact) mass is 616 g/mol. The van der Waals surface area contributed by atoms with Crippen molar-refractivity contribution in [3.05, 3.63) is 81.4 Å². The average Bonchev–Trinajstić information content (AvgIpc) is 3.02. The van der Waals surface area contributed by atoms with Crippen molar-refractivity contribution in [3.63, 3.8) is 0 Å². The molecular formula is C34H40N4O7. The number of ether oxygens (including phenoxy) is 2. The van der Waals surface area contributed by atoms with Crippen LogP contribution < -0.4 is 20.6 Å². The van der Waals surface area contributed by atoms with E-state index in [-0.39, 0.29) is 5.56 Å². The molecule has 11 nitrogen and oxygen atoms in total. The number of carbonyl (C=O) groups excluding carboxylic acids is 1. The van der Waals surface area contributed by atoms with E-state index >= 15 is 0 Å². The lowest BCUT2D eigenvalue weighted by molar-refractivity contribution is -0.140. The number of rotatable bonds is 9. The number of hydrogen-bond acceptors (Lipinski definition) is 7. The molecule has 5 rings (SSSR count). The van der Waals surface area contributed by atoms with Crippen molar-refractivity contribution in [3.8, 4) is 11.5 Å². The van der Waals surface area contributed by atoms with Crippen LogP contribution in [0.5, 0.6) is 11.5 Å². The summed E-state index contributed by atoms with van der Waals surface area (Å²) >= 11 is 0. The molecule has 45 heavy (non-hydrogen) atoms. The van der Waals surface area contributed by atoms with Gasteiger partial charge in [0.05, 0.1) is 25.3 Å². The van der Waals surface area contributed by atoms with Gasteiger partial charge in [-0.3, -0.25) is 23.9 Å². The molecule has 0 radical (unpaired) electrons. The Kier molecular flexibility index (Phi) is 8.75. The molecule has 1 amide bonds. The number of methoxy groups -OCH3 is 2. The molecule has 4 aromatic rings. The Bertz CT molecular complexity index is 1850. The molecule has 0 aliphatic carbocycles. The predicted octanol–water partition coefficient (Wildman–Crippen LogP) is 4.38. The Morgan fingerprint density at radius 2 is 1.40 bits per heavy atom. The summed E-state index contributed by atoms with van der Waals surface area (Å²) in [4.78, 5) is 56.4. The van der Waals surface area contributed by atoms with Crippen LogP contribution in [0.4, 0.5) is 4.79 Å². The van der Waals surface area contributed by atoms with Gasteiger partial charge in [-0.1, -0.05) is 20.8 Å². The molecule has 1 atom stereocenters. The van der Waals surface area contributed by atoms with Gasteiger partial charge in [0.2, 0.25) is 0 Å². The Balaban J connectivity index is 1.46. The molecule has 0 bridgehead atoms. The minimum atomic E-state index is -1.86. The predicted molar refractivity (Wildman–Crippen MR) is 172 cm³/mol. The number of benzene rings is 2. The lowest BCUT2D eigenvalue weighted by Gasteiger charge is -2.52. The van der Waals surface area contributed by atoms with E-state index in [1.54, 1.807) is 68.8 Å². The lowest BCUT2D eigenvalue weighted by Crippen LogP contribution is -2.67. The molecule has 1 saturated heterocycles. The first kappa shape index (κ1) is 31.8. The number of carbonyl (C=O) groups is 2. The number of aromatic nitrogens is 2. The highest BCUT2D eigenvalue weighted by Gasteiger charge is 2.54.